The molecule has 0 saturated heterocycles. The topological polar surface area (TPSA) is 50.1 Å². The summed E-state index contributed by atoms with van der Waals surface area (Å²) in [7, 11) is 0. The van der Waals surface area contributed by atoms with Crippen molar-refractivity contribution < 1.29 is 9.53 Å². The Kier molecular flexibility index (Phi) is 4.02. The number of ether oxygens (including phenoxy) is 1. The highest BCUT2D eigenvalue weighted by molar-refractivity contribution is 6.02. The lowest BCUT2D eigenvalue weighted by molar-refractivity contribution is -0.114. The SMILES string of the molecule is N#CCC(=O)C1=Cc2ccc(OCc3ccccc3)cc2C1. The van der Waals surface area contributed by atoms with Gasteiger partial charge in [0.2, 0.25) is 0 Å². The first kappa shape index (κ1) is 14.1. The molecule has 0 atom stereocenters. The van der Waals surface area contributed by atoms with Gasteiger partial charge in [0.05, 0.1) is 12.5 Å². The van der Waals surface area contributed by atoms with Crippen molar-refractivity contribution in [2.24, 2.45) is 0 Å². The third-order valence-corrected chi connectivity index (χ3v) is 3.67. The minimum atomic E-state index is -0.0922. The van der Waals surface area contributed by atoms with Gasteiger partial charge in [0.1, 0.15) is 12.4 Å². The van der Waals surface area contributed by atoms with E-state index in [2.05, 4.69) is 0 Å². The standard InChI is InChI=1S/C19H15NO2/c20-9-8-19(21)17-10-15-6-7-18(12-16(15)11-17)22-13-14-4-2-1-3-5-14/h1-7,10,12H,8,11,13H2. The number of rotatable bonds is 5. The molecular weight excluding hydrogens is 274 g/mol. The summed E-state index contributed by atoms with van der Waals surface area (Å²) in [4.78, 5) is 11.8. The number of nitriles is 1. The number of allylic oxidation sites excluding steroid dienone is 1. The minimum Gasteiger partial charge on any atom is -0.489 e. The molecule has 2 aromatic rings. The highest BCUT2D eigenvalue weighted by Gasteiger charge is 2.18. The van der Waals surface area contributed by atoms with Gasteiger partial charge in [-0.15, -0.1) is 0 Å². The van der Waals surface area contributed by atoms with E-state index in [1.165, 1.54) is 0 Å². The molecule has 1 aliphatic carbocycles. The average Bonchev–Trinajstić information content (AvgIpc) is 2.97. The van der Waals surface area contributed by atoms with E-state index in [0.717, 1.165) is 22.4 Å². The fourth-order valence-corrected chi connectivity index (χ4v) is 2.52. The highest BCUT2D eigenvalue weighted by atomic mass is 16.5. The predicted molar refractivity (Wildman–Crippen MR) is 84.1 cm³/mol. The highest BCUT2D eigenvalue weighted by Crippen LogP contribution is 2.29. The van der Waals surface area contributed by atoms with Gasteiger partial charge < -0.3 is 4.74 Å². The maximum Gasteiger partial charge on any atom is 0.173 e. The number of fused-ring (bicyclic) bond motifs is 1. The predicted octanol–water partition coefficient (Wildman–Crippen LogP) is 3.69. The van der Waals surface area contributed by atoms with Crippen molar-refractivity contribution in [3.05, 3.63) is 70.8 Å². The number of nitrogens with zero attached hydrogens (tertiary/aromatic N) is 1. The normalized spacial score (nSPS) is 12.2. The van der Waals surface area contributed by atoms with Crippen LogP contribution in [0.4, 0.5) is 0 Å². The van der Waals surface area contributed by atoms with E-state index in [0.29, 0.717) is 18.6 Å². The van der Waals surface area contributed by atoms with E-state index in [1.54, 1.807) is 0 Å². The third-order valence-electron chi connectivity index (χ3n) is 3.67. The van der Waals surface area contributed by atoms with Crippen LogP contribution in [0.25, 0.3) is 6.08 Å². The molecule has 0 unspecified atom stereocenters. The lowest BCUT2D eigenvalue weighted by atomic mass is 10.1. The summed E-state index contributed by atoms with van der Waals surface area (Å²) in [5.41, 5.74) is 3.93. The van der Waals surface area contributed by atoms with Crippen molar-refractivity contribution in [2.75, 3.05) is 0 Å². The van der Waals surface area contributed by atoms with Crippen LogP contribution in [0.1, 0.15) is 23.1 Å². The quantitative estimate of drug-likeness (QED) is 0.843. The summed E-state index contributed by atoms with van der Waals surface area (Å²) in [6.07, 6.45) is 2.39. The lowest BCUT2D eigenvalue weighted by Gasteiger charge is -2.08. The van der Waals surface area contributed by atoms with Crippen molar-refractivity contribution >= 4 is 11.9 Å². The van der Waals surface area contributed by atoms with Crippen LogP contribution in [-0.2, 0) is 17.8 Å². The second kappa shape index (κ2) is 6.28. The fourth-order valence-electron chi connectivity index (χ4n) is 2.52. The van der Waals surface area contributed by atoms with Crippen molar-refractivity contribution in [2.45, 2.75) is 19.4 Å². The number of carbonyl (C=O) groups is 1. The summed E-state index contributed by atoms with van der Waals surface area (Å²) in [6.45, 7) is 0.521. The number of hydrogen-bond donors (Lipinski definition) is 0. The van der Waals surface area contributed by atoms with Crippen molar-refractivity contribution in [1.29, 1.82) is 5.26 Å². The molecule has 0 aliphatic heterocycles. The Morgan fingerprint density at radius 3 is 2.77 bits per heavy atom. The molecule has 0 fully saturated rings. The molecule has 0 amide bonds. The number of hydrogen-bond acceptors (Lipinski definition) is 3. The number of benzene rings is 2. The molecule has 2 aromatic carbocycles. The monoisotopic (exact) mass is 289 g/mol. The first-order valence-corrected chi connectivity index (χ1v) is 7.16. The second-order valence-electron chi connectivity index (χ2n) is 5.24. The summed E-state index contributed by atoms with van der Waals surface area (Å²) in [6, 6.07) is 17.7. The summed E-state index contributed by atoms with van der Waals surface area (Å²) in [5, 5.41) is 8.62. The Hall–Kier alpha value is -2.86. The molecule has 3 heteroatoms. The first-order chi connectivity index (χ1) is 10.8. The zero-order valence-corrected chi connectivity index (χ0v) is 12.1. The average molecular weight is 289 g/mol. The summed E-state index contributed by atoms with van der Waals surface area (Å²) < 4.78 is 5.80. The Labute approximate surface area is 129 Å². The van der Waals surface area contributed by atoms with E-state index in [1.807, 2.05) is 60.7 Å². The minimum absolute atomic E-state index is 0.0583. The molecule has 0 radical (unpaired) electrons. The Balaban J connectivity index is 1.68. The van der Waals surface area contributed by atoms with Gasteiger partial charge in [-0.2, -0.15) is 5.26 Å². The Bertz CT molecular complexity index is 770. The molecule has 0 spiro atoms. The van der Waals surface area contributed by atoms with Gasteiger partial charge in [-0.05, 0) is 34.9 Å². The van der Waals surface area contributed by atoms with Crippen LogP contribution in [0.15, 0.2) is 54.1 Å². The van der Waals surface area contributed by atoms with Crippen LogP contribution < -0.4 is 4.74 Å². The van der Waals surface area contributed by atoms with Crippen LogP contribution in [0.3, 0.4) is 0 Å². The summed E-state index contributed by atoms with van der Waals surface area (Å²) in [5.74, 6) is 0.704. The van der Waals surface area contributed by atoms with Crippen molar-refractivity contribution in [3.63, 3.8) is 0 Å². The van der Waals surface area contributed by atoms with Crippen molar-refractivity contribution in [3.8, 4) is 11.8 Å². The van der Waals surface area contributed by atoms with Crippen molar-refractivity contribution in [1.82, 2.24) is 0 Å². The molecule has 0 N–H and O–H groups in total. The molecule has 1 aliphatic rings. The zero-order valence-electron chi connectivity index (χ0n) is 12.1. The largest absolute Gasteiger partial charge is 0.489 e. The van der Waals surface area contributed by atoms with Crippen LogP contribution in [0, 0.1) is 11.3 Å². The van der Waals surface area contributed by atoms with Gasteiger partial charge in [0.25, 0.3) is 0 Å². The molecule has 0 saturated carbocycles. The van der Waals surface area contributed by atoms with Gasteiger partial charge in [0, 0.05) is 12.0 Å². The molecule has 0 bridgehead atoms. The zero-order chi connectivity index (χ0) is 15.4. The number of carbonyl (C=O) groups excluding carboxylic acids is 1. The Morgan fingerprint density at radius 2 is 2.00 bits per heavy atom. The van der Waals surface area contributed by atoms with E-state index in [4.69, 9.17) is 10.00 Å². The molecule has 22 heavy (non-hydrogen) atoms. The van der Waals surface area contributed by atoms with Gasteiger partial charge in [-0.3, -0.25) is 4.79 Å². The first-order valence-electron chi connectivity index (χ1n) is 7.16. The molecule has 3 nitrogen and oxygen atoms in total. The maximum absolute atomic E-state index is 11.8. The van der Waals surface area contributed by atoms with E-state index in [-0.39, 0.29) is 12.2 Å². The molecule has 108 valence electrons. The van der Waals surface area contributed by atoms with Gasteiger partial charge in [-0.25, -0.2) is 0 Å². The molecular formula is C19H15NO2. The Morgan fingerprint density at radius 1 is 1.18 bits per heavy atom. The van der Waals surface area contributed by atoms with Crippen LogP contribution in [0.5, 0.6) is 5.75 Å². The maximum atomic E-state index is 11.8. The third kappa shape index (κ3) is 3.07. The molecule has 0 heterocycles. The van der Waals surface area contributed by atoms with E-state index >= 15 is 0 Å². The van der Waals surface area contributed by atoms with Crippen LogP contribution in [-0.4, -0.2) is 5.78 Å². The fraction of sp³-hybridized carbons (Fsp3) is 0.158. The van der Waals surface area contributed by atoms with Gasteiger partial charge in [-0.1, -0.05) is 36.4 Å². The summed E-state index contributed by atoms with van der Waals surface area (Å²) >= 11 is 0. The molecule has 0 aromatic heterocycles. The van der Waals surface area contributed by atoms with Gasteiger partial charge >= 0.3 is 0 Å². The smallest absolute Gasteiger partial charge is 0.173 e. The second-order valence-corrected chi connectivity index (χ2v) is 5.24. The van der Waals surface area contributed by atoms with Gasteiger partial charge in [0.15, 0.2) is 5.78 Å². The van der Waals surface area contributed by atoms with Crippen LogP contribution in [0.2, 0.25) is 0 Å². The molecule has 3 rings (SSSR count). The van der Waals surface area contributed by atoms with Crippen LogP contribution >= 0.6 is 0 Å². The lowest BCUT2D eigenvalue weighted by Crippen LogP contribution is -2.01. The number of Topliss-reactive ketones (excluding diaryl/α,β-unsaturated/α-hetero) is 1. The van der Waals surface area contributed by atoms with E-state index in [9.17, 15) is 4.79 Å². The van der Waals surface area contributed by atoms with E-state index < -0.39 is 0 Å². The number of ketones is 1.